The number of nitrogens with zero attached hydrogens (tertiary/aromatic N) is 2. The number of nitrogens with two attached hydrogens (primary N) is 1. The van der Waals surface area contributed by atoms with Crippen LogP contribution in [0.2, 0.25) is 0 Å². The quantitative estimate of drug-likeness (QED) is 0.901. The maximum absolute atomic E-state index is 12.9. The number of rotatable bonds is 5. The summed E-state index contributed by atoms with van der Waals surface area (Å²) in [5.74, 6) is 0. The Kier molecular flexibility index (Phi) is 6.06. The number of hydrogen-bond acceptors (Lipinski definition) is 3. The van der Waals surface area contributed by atoms with Crippen LogP contribution in [0.25, 0.3) is 0 Å². The molecule has 1 aliphatic rings. The molecule has 2 N–H and O–H groups in total. The average Bonchev–Trinajstić information content (AvgIpc) is 2.50. The number of alkyl halides is 3. The molecule has 1 saturated heterocycles. The third-order valence-corrected chi connectivity index (χ3v) is 4.57. The van der Waals surface area contributed by atoms with Gasteiger partial charge in [0.05, 0.1) is 5.56 Å². The van der Waals surface area contributed by atoms with Crippen LogP contribution < -0.4 is 5.73 Å². The van der Waals surface area contributed by atoms with Crippen molar-refractivity contribution in [2.45, 2.75) is 38.5 Å². The van der Waals surface area contributed by atoms with Crippen molar-refractivity contribution in [3.63, 3.8) is 0 Å². The van der Waals surface area contributed by atoms with Gasteiger partial charge in [0.15, 0.2) is 0 Å². The van der Waals surface area contributed by atoms with Crippen LogP contribution in [0.1, 0.15) is 37.4 Å². The van der Waals surface area contributed by atoms with Crippen molar-refractivity contribution in [2.24, 2.45) is 5.73 Å². The summed E-state index contributed by atoms with van der Waals surface area (Å²) in [5.41, 5.74) is 5.94. The van der Waals surface area contributed by atoms with Crippen molar-refractivity contribution in [1.29, 1.82) is 0 Å². The Morgan fingerprint density at radius 2 is 2.04 bits per heavy atom. The molecule has 1 aromatic carbocycles. The molecule has 1 aromatic rings. The SMILES string of the molecule is CCCN1CCN(C(CN)c2cccc(C(F)(F)F)c2)CC1C. The third-order valence-electron chi connectivity index (χ3n) is 4.57. The van der Waals surface area contributed by atoms with Crippen molar-refractivity contribution in [3.8, 4) is 0 Å². The van der Waals surface area contributed by atoms with Gasteiger partial charge < -0.3 is 5.73 Å². The van der Waals surface area contributed by atoms with Gasteiger partial charge in [-0.1, -0.05) is 19.1 Å². The molecule has 2 unspecified atom stereocenters. The summed E-state index contributed by atoms with van der Waals surface area (Å²) in [7, 11) is 0. The van der Waals surface area contributed by atoms with Gasteiger partial charge in [-0.15, -0.1) is 0 Å². The normalized spacial score (nSPS) is 22.3. The third kappa shape index (κ3) is 4.46. The first-order chi connectivity index (χ1) is 10.9. The van der Waals surface area contributed by atoms with E-state index in [0.29, 0.717) is 18.2 Å². The van der Waals surface area contributed by atoms with Crippen molar-refractivity contribution in [1.82, 2.24) is 9.80 Å². The summed E-state index contributed by atoms with van der Waals surface area (Å²) in [6.45, 7) is 8.31. The smallest absolute Gasteiger partial charge is 0.329 e. The summed E-state index contributed by atoms with van der Waals surface area (Å²) in [6.07, 6.45) is -3.21. The molecule has 0 amide bonds. The van der Waals surface area contributed by atoms with Gasteiger partial charge in [-0.05, 0) is 37.6 Å². The van der Waals surface area contributed by atoms with E-state index in [1.807, 2.05) is 0 Å². The second-order valence-electron chi connectivity index (χ2n) is 6.25. The van der Waals surface area contributed by atoms with Crippen molar-refractivity contribution >= 4 is 0 Å². The topological polar surface area (TPSA) is 32.5 Å². The molecule has 0 aliphatic carbocycles. The van der Waals surface area contributed by atoms with Gasteiger partial charge in [-0.3, -0.25) is 9.80 Å². The van der Waals surface area contributed by atoms with E-state index in [-0.39, 0.29) is 6.04 Å². The highest BCUT2D eigenvalue weighted by Crippen LogP contribution is 2.32. The minimum absolute atomic E-state index is 0.163. The molecule has 0 radical (unpaired) electrons. The molecule has 6 heteroatoms. The lowest BCUT2D eigenvalue weighted by molar-refractivity contribution is -0.137. The van der Waals surface area contributed by atoms with Crippen LogP contribution in [0.15, 0.2) is 24.3 Å². The number of benzene rings is 1. The van der Waals surface area contributed by atoms with Crippen LogP contribution >= 0.6 is 0 Å². The van der Waals surface area contributed by atoms with E-state index in [9.17, 15) is 13.2 Å². The summed E-state index contributed by atoms with van der Waals surface area (Å²) in [6, 6.07) is 5.79. The number of piperazine rings is 1. The summed E-state index contributed by atoms with van der Waals surface area (Å²) < 4.78 is 38.8. The van der Waals surface area contributed by atoms with Crippen LogP contribution in [0, 0.1) is 0 Å². The first-order valence-electron chi connectivity index (χ1n) is 8.22. The predicted octanol–water partition coefficient (Wildman–Crippen LogP) is 3.12. The Morgan fingerprint density at radius 3 is 2.61 bits per heavy atom. The first-order valence-corrected chi connectivity index (χ1v) is 8.22. The lowest BCUT2D eigenvalue weighted by Crippen LogP contribution is -2.53. The molecular formula is C17H26F3N3. The molecule has 2 rings (SSSR count). The van der Waals surface area contributed by atoms with E-state index in [2.05, 4.69) is 23.6 Å². The van der Waals surface area contributed by atoms with E-state index in [0.717, 1.165) is 38.7 Å². The van der Waals surface area contributed by atoms with Crippen LogP contribution in [0.3, 0.4) is 0 Å². The average molecular weight is 329 g/mol. The highest BCUT2D eigenvalue weighted by atomic mass is 19.4. The molecule has 0 bridgehead atoms. The van der Waals surface area contributed by atoms with Gasteiger partial charge in [0.2, 0.25) is 0 Å². The lowest BCUT2D eigenvalue weighted by atomic mass is 10.0. The molecule has 3 nitrogen and oxygen atoms in total. The Labute approximate surface area is 136 Å². The second-order valence-corrected chi connectivity index (χ2v) is 6.25. The fourth-order valence-corrected chi connectivity index (χ4v) is 3.34. The maximum Gasteiger partial charge on any atom is 0.416 e. The summed E-state index contributed by atoms with van der Waals surface area (Å²) in [4.78, 5) is 4.64. The zero-order valence-electron chi connectivity index (χ0n) is 13.8. The lowest BCUT2D eigenvalue weighted by Gasteiger charge is -2.43. The Bertz CT molecular complexity index is 504. The Morgan fingerprint density at radius 1 is 1.30 bits per heavy atom. The fraction of sp³-hybridized carbons (Fsp3) is 0.647. The standard InChI is InChI=1S/C17H26F3N3/c1-3-7-22-8-9-23(12-13(22)2)16(11-21)14-5-4-6-15(10-14)17(18,19)20/h4-6,10,13,16H,3,7-9,11-12,21H2,1-2H3. The van der Waals surface area contributed by atoms with Crippen molar-refractivity contribution < 1.29 is 13.2 Å². The van der Waals surface area contributed by atoms with E-state index < -0.39 is 11.7 Å². The minimum Gasteiger partial charge on any atom is -0.329 e. The predicted molar refractivity (Wildman–Crippen MR) is 86.1 cm³/mol. The maximum atomic E-state index is 12.9. The first kappa shape index (κ1) is 18.2. The van der Waals surface area contributed by atoms with Crippen LogP contribution in [0.5, 0.6) is 0 Å². The van der Waals surface area contributed by atoms with E-state index >= 15 is 0 Å². The van der Waals surface area contributed by atoms with E-state index in [1.54, 1.807) is 6.07 Å². The second kappa shape index (κ2) is 7.64. The largest absolute Gasteiger partial charge is 0.416 e. The Hall–Kier alpha value is -1.11. The summed E-state index contributed by atoms with van der Waals surface area (Å²) in [5, 5.41) is 0. The zero-order chi connectivity index (χ0) is 17.0. The van der Waals surface area contributed by atoms with Crippen LogP contribution in [-0.2, 0) is 6.18 Å². The molecule has 0 saturated carbocycles. The van der Waals surface area contributed by atoms with E-state index in [1.165, 1.54) is 12.1 Å². The highest BCUT2D eigenvalue weighted by molar-refractivity contribution is 5.28. The van der Waals surface area contributed by atoms with Gasteiger partial charge in [0, 0.05) is 38.3 Å². The molecule has 23 heavy (non-hydrogen) atoms. The van der Waals surface area contributed by atoms with E-state index in [4.69, 9.17) is 5.73 Å². The van der Waals surface area contributed by atoms with Gasteiger partial charge in [-0.2, -0.15) is 13.2 Å². The van der Waals surface area contributed by atoms with Crippen LogP contribution in [0.4, 0.5) is 13.2 Å². The monoisotopic (exact) mass is 329 g/mol. The summed E-state index contributed by atoms with van der Waals surface area (Å²) >= 11 is 0. The van der Waals surface area contributed by atoms with Gasteiger partial charge in [-0.25, -0.2) is 0 Å². The molecule has 2 atom stereocenters. The molecule has 0 aromatic heterocycles. The zero-order valence-corrected chi connectivity index (χ0v) is 13.8. The fourth-order valence-electron chi connectivity index (χ4n) is 3.34. The van der Waals surface area contributed by atoms with Gasteiger partial charge >= 0.3 is 6.18 Å². The van der Waals surface area contributed by atoms with Gasteiger partial charge in [0.25, 0.3) is 0 Å². The molecule has 1 aliphatic heterocycles. The molecular weight excluding hydrogens is 303 g/mol. The van der Waals surface area contributed by atoms with Crippen molar-refractivity contribution in [2.75, 3.05) is 32.7 Å². The number of hydrogen-bond donors (Lipinski definition) is 1. The minimum atomic E-state index is -4.32. The Balaban J connectivity index is 2.14. The molecule has 1 fully saturated rings. The molecule has 130 valence electrons. The molecule has 0 spiro atoms. The van der Waals surface area contributed by atoms with Crippen LogP contribution in [-0.4, -0.2) is 48.6 Å². The molecule has 1 heterocycles. The van der Waals surface area contributed by atoms with Crippen molar-refractivity contribution in [3.05, 3.63) is 35.4 Å². The number of halogens is 3. The highest BCUT2D eigenvalue weighted by Gasteiger charge is 2.32. The van der Waals surface area contributed by atoms with Gasteiger partial charge in [0.1, 0.15) is 0 Å².